The van der Waals surface area contributed by atoms with E-state index in [9.17, 15) is 0 Å². The van der Waals surface area contributed by atoms with Crippen LogP contribution in [0.1, 0.15) is 11.5 Å². The van der Waals surface area contributed by atoms with Crippen LogP contribution in [-0.2, 0) is 17.9 Å². The first-order valence-electron chi connectivity index (χ1n) is 5.56. The molecule has 6 nitrogen and oxygen atoms in total. The Balaban J connectivity index is 2.08. The predicted molar refractivity (Wildman–Crippen MR) is 66.9 cm³/mol. The lowest BCUT2D eigenvalue weighted by Gasteiger charge is -2.17. The van der Waals surface area contributed by atoms with Gasteiger partial charge in [0.1, 0.15) is 18.0 Å². The number of rotatable bonds is 5. The number of aromatic nitrogens is 4. The van der Waals surface area contributed by atoms with Gasteiger partial charge in [0.25, 0.3) is 0 Å². The summed E-state index contributed by atoms with van der Waals surface area (Å²) in [6.45, 7) is 1.08. The van der Waals surface area contributed by atoms with Crippen molar-refractivity contribution in [3.63, 3.8) is 0 Å². The maximum Gasteiger partial charge on any atom is 0.147 e. The van der Waals surface area contributed by atoms with E-state index in [0.717, 1.165) is 17.3 Å². The molecule has 0 amide bonds. The van der Waals surface area contributed by atoms with E-state index in [4.69, 9.17) is 4.74 Å². The minimum Gasteiger partial charge on any atom is -0.378 e. The van der Waals surface area contributed by atoms with E-state index in [-0.39, 0.29) is 0 Å². The highest BCUT2D eigenvalue weighted by atomic mass is 16.5. The molecule has 0 aliphatic rings. The van der Waals surface area contributed by atoms with Gasteiger partial charge in [0.05, 0.1) is 18.8 Å². The minimum absolute atomic E-state index is 0.477. The van der Waals surface area contributed by atoms with Gasteiger partial charge in [-0.2, -0.15) is 0 Å². The molecule has 0 unspecified atom stereocenters. The molecule has 0 spiro atoms. The van der Waals surface area contributed by atoms with E-state index in [1.165, 1.54) is 6.33 Å². The van der Waals surface area contributed by atoms with Crippen LogP contribution < -0.4 is 4.90 Å². The van der Waals surface area contributed by atoms with Gasteiger partial charge in [-0.1, -0.05) is 0 Å². The van der Waals surface area contributed by atoms with Crippen molar-refractivity contribution in [2.45, 2.75) is 13.2 Å². The maximum atomic E-state index is 5.05. The van der Waals surface area contributed by atoms with Crippen LogP contribution in [0.4, 0.5) is 5.82 Å². The second-order valence-corrected chi connectivity index (χ2v) is 3.82. The highest BCUT2D eigenvalue weighted by Crippen LogP contribution is 2.11. The number of methoxy groups -OCH3 is 1. The van der Waals surface area contributed by atoms with Gasteiger partial charge < -0.3 is 9.64 Å². The third kappa shape index (κ3) is 3.21. The van der Waals surface area contributed by atoms with Gasteiger partial charge in [-0.25, -0.2) is 19.9 Å². The Bertz CT molecular complexity index is 491. The Morgan fingerprint density at radius 2 is 1.94 bits per heavy atom. The fourth-order valence-electron chi connectivity index (χ4n) is 1.53. The van der Waals surface area contributed by atoms with Crippen LogP contribution in [0.3, 0.4) is 0 Å². The van der Waals surface area contributed by atoms with E-state index in [0.29, 0.717) is 13.2 Å². The summed E-state index contributed by atoms with van der Waals surface area (Å²) in [5.41, 5.74) is 0.850. The van der Waals surface area contributed by atoms with Crippen molar-refractivity contribution in [1.82, 2.24) is 19.9 Å². The van der Waals surface area contributed by atoms with Crippen molar-refractivity contribution >= 4 is 5.82 Å². The normalized spacial score (nSPS) is 10.3. The van der Waals surface area contributed by atoms with Gasteiger partial charge in [0.2, 0.25) is 0 Å². The fraction of sp³-hybridized carbons (Fsp3) is 0.333. The van der Waals surface area contributed by atoms with Crippen molar-refractivity contribution in [2.24, 2.45) is 0 Å². The Morgan fingerprint density at radius 3 is 2.67 bits per heavy atom. The van der Waals surface area contributed by atoms with Crippen molar-refractivity contribution in [3.8, 4) is 0 Å². The summed E-state index contributed by atoms with van der Waals surface area (Å²) in [5.74, 6) is 1.58. The molecule has 6 heteroatoms. The predicted octanol–water partition coefficient (Wildman–Crippen LogP) is 1.05. The lowest BCUT2D eigenvalue weighted by molar-refractivity contribution is 0.181. The Labute approximate surface area is 106 Å². The summed E-state index contributed by atoms with van der Waals surface area (Å²) < 4.78 is 5.05. The van der Waals surface area contributed by atoms with E-state index < -0.39 is 0 Å². The van der Waals surface area contributed by atoms with Crippen LogP contribution in [0.25, 0.3) is 0 Å². The molecule has 2 aromatic heterocycles. The number of hydrogen-bond acceptors (Lipinski definition) is 6. The molecule has 2 heterocycles. The third-order valence-corrected chi connectivity index (χ3v) is 2.39. The van der Waals surface area contributed by atoms with Crippen LogP contribution in [0.2, 0.25) is 0 Å². The lowest BCUT2D eigenvalue weighted by atomic mass is 10.4. The molecule has 94 valence electrons. The molecule has 0 fully saturated rings. The summed E-state index contributed by atoms with van der Waals surface area (Å²) in [6.07, 6.45) is 4.99. The van der Waals surface area contributed by atoms with Crippen LogP contribution in [0, 0.1) is 0 Å². The summed E-state index contributed by atoms with van der Waals surface area (Å²) in [7, 11) is 3.58. The first-order chi connectivity index (χ1) is 8.79. The van der Waals surface area contributed by atoms with E-state index in [1.807, 2.05) is 18.0 Å². The lowest BCUT2D eigenvalue weighted by Crippen LogP contribution is -2.19. The fourth-order valence-corrected chi connectivity index (χ4v) is 1.53. The number of nitrogens with zero attached hydrogens (tertiary/aromatic N) is 5. The molecular formula is C12H15N5O. The van der Waals surface area contributed by atoms with Gasteiger partial charge >= 0.3 is 0 Å². The minimum atomic E-state index is 0.477. The SMILES string of the molecule is COCc1cc(N(C)Cc2ncccn2)ncn1. The number of ether oxygens (including phenoxy) is 1. The highest BCUT2D eigenvalue weighted by molar-refractivity contribution is 5.37. The smallest absolute Gasteiger partial charge is 0.147 e. The average Bonchev–Trinajstić information content (AvgIpc) is 2.40. The van der Waals surface area contributed by atoms with Crippen LogP contribution in [0.15, 0.2) is 30.9 Å². The molecule has 0 radical (unpaired) electrons. The average molecular weight is 245 g/mol. The third-order valence-electron chi connectivity index (χ3n) is 2.39. The molecule has 0 aromatic carbocycles. The first kappa shape index (κ1) is 12.4. The van der Waals surface area contributed by atoms with Gasteiger partial charge in [0, 0.05) is 32.6 Å². The molecule has 0 atom stereocenters. The Morgan fingerprint density at radius 1 is 1.17 bits per heavy atom. The molecule has 2 rings (SSSR count). The number of hydrogen-bond donors (Lipinski definition) is 0. The van der Waals surface area contributed by atoms with Crippen molar-refractivity contribution in [1.29, 1.82) is 0 Å². The zero-order valence-electron chi connectivity index (χ0n) is 10.4. The molecule has 0 saturated heterocycles. The van der Waals surface area contributed by atoms with Crippen molar-refractivity contribution in [3.05, 3.63) is 42.4 Å². The molecular weight excluding hydrogens is 230 g/mol. The summed E-state index contributed by atoms with van der Waals surface area (Å²) in [4.78, 5) is 18.7. The molecule has 18 heavy (non-hydrogen) atoms. The quantitative estimate of drug-likeness (QED) is 0.784. The highest BCUT2D eigenvalue weighted by Gasteiger charge is 2.06. The van der Waals surface area contributed by atoms with Crippen LogP contribution >= 0.6 is 0 Å². The largest absolute Gasteiger partial charge is 0.378 e. The summed E-state index contributed by atoms with van der Waals surface area (Å²) in [6, 6.07) is 3.69. The maximum absolute atomic E-state index is 5.05. The van der Waals surface area contributed by atoms with Crippen molar-refractivity contribution in [2.75, 3.05) is 19.1 Å². The molecule has 0 saturated carbocycles. The zero-order valence-corrected chi connectivity index (χ0v) is 10.4. The molecule has 0 bridgehead atoms. The molecule has 2 aromatic rings. The number of anilines is 1. The molecule has 0 N–H and O–H groups in total. The second-order valence-electron chi connectivity index (χ2n) is 3.82. The van der Waals surface area contributed by atoms with E-state index in [2.05, 4.69) is 19.9 Å². The Hall–Kier alpha value is -2.08. The summed E-state index contributed by atoms with van der Waals surface area (Å²) in [5, 5.41) is 0. The van der Waals surface area contributed by atoms with Gasteiger partial charge in [-0.3, -0.25) is 0 Å². The standard InChI is InChI=1S/C12H15N5O/c1-17(7-11-13-4-3-5-14-11)12-6-10(8-18-2)15-9-16-12/h3-6,9H,7-8H2,1-2H3. The second kappa shape index (κ2) is 6.02. The topological polar surface area (TPSA) is 64.0 Å². The molecule has 0 aliphatic carbocycles. The zero-order chi connectivity index (χ0) is 12.8. The van der Waals surface area contributed by atoms with Crippen LogP contribution in [0.5, 0.6) is 0 Å². The first-order valence-corrected chi connectivity index (χ1v) is 5.56. The Kier molecular flexibility index (Phi) is 4.14. The monoisotopic (exact) mass is 245 g/mol. The van der Waals surface area contributed by atoms with Gasteiger partial charge in [-0.15, -0.1) is 0 Å². The molecule has 0 aliphatic heterocycles. The van der Waals surface area contributed by atoms with E-state index >= 15 is 0 Å². The van der Waals surface area contributed by atoms with Gasteiger partial charge in [0.15, 0.2) is 0 Å². The van der Waals surface area contributed by atoms with Crippen molar-refractivity contribution < 1.29 is 4.74 Å². The van der Waals surface area contributed by atoms with Crippen LogP contribution in [-0.4, -0.2) is 34.1 Å². The van der Waals surface area contributed by atoms with Gasteiger partial charge in [-0.05, 0) is 6.07 Å². The van der Waals surface area contributed by atoms with E-state index in [1.54, 1.807) is 25.6 Å². The summed E-state index contributed by atoms with van der Waals surface area (Å²) >= 11 is 0.